The van der Waals surface area contributed by atoms with E-state index in [1.54, 1.807) is 33.0 Å². The zero-order valence-electron chi connectivity index (χ0n) is 19.6. The lowest BCUT2D eigenvalue weighted by Gasteiger charge is -2.30. The first kappa shape index (κ1) is 25.3. The van der Waals surface area contributed by atoms with Gasteiger partial charge in [0.15, 0.2) is 17.5 Å². The SMILES string of the molecule is C=NN1C(=NC)C=C(Nc2cccn(-c3ncccc3F)c2=O)N/C1=C(/C)C(=O)NCC(C)CO. The topological polar surface area (TPSA) is 136 Å². The van der Waals surface area contributed by atoms with E-state index in [2.05, 4.69) is 37.7 Å². The molecule has 0 bridgehead atoms. The van der Waals surface area contributed by atoms with Gasteiger partial charge >= 0.3 is 0 Å². The lowest BCUT2D eigenvalue weighted by molar-refractivity contribution is -0.117. The van der Waals surface area contributed by atoms with Crippen LogP contribution in [0.15, 0.2) is 74.8 Å². The van der Waals surface area contributed by atoms with Crippen LogP contribution in [0.5, 0.6) is 0 Å². The number of hydrazone groups is 1. The minimum absolute atomic E-state index is 0.0606. The maximum absolute atomic E-state index is 14.2. The zero-order valence-corrected chi connectivity index (χ0v) is 19.6. The third kappa shape index (κ3) is 5.61. The highest BCUT2D eigenvalue weighted by Gasteiger charge is 2.26. The third-order valence-electron chi connectivity index (χ3n) is 5.13. The molecule has 3 rings (SSSR count). The molecule has 1 amide bonds. The number of anilines is 1. The van der Waals surface area contributed by atoms with Crippen LogP contribution in [0.3, 0.4) is 0 Å². The molecule has 3 heterocycles. The number of aliphatic hydroxyl groups is 1. The van der Waals surface area contributed by atoms with E-state index in [-0.39, 0.29) is 47.9 Å². The molecule has 2 aromatic rings. The molecule has 1 unspecified atom stereocenters. The average Bonchev–Trinajstić information content (AvgIpc) is 2.87. The number of amidine groups is 1. The molecule has 0 aromatic carbocycles. The molecule has 0 saturated heterocycles. The molecule has 1 aliphatic rings. The van der Waals surface area contributed by atoms with Crippen LogP contribution in [-0.2, 0) is 4.79 Å². The van der Waals surface area contributed by atoms with Gasteiger partial charge in [-0.05, 0) is 37.1 Å². The summed E-state index contributed by atoms with van der Waals surface area (Å²) < 4.78 is 15.3. The van der Waals surface area contributed by atoms with E-state index in [1.807, 2.05) is 0 Å². The van der Waals surface area contributed by atoms with Crippen LogP contribution in [0.1, 0.15) is 13.8 Å². The largest absolute Gasteiger partial charge is 0.396 e. The number of hydrogen-bond donors (Lipinski definition) is 4. The predicted octanol–water partition coefficient (Wildman–Crippen LogP) is 1.15. The fourth-order valence-corrected chi connectivity index (χ4v) is 3.17. The number of carbonyl (C=O) groups is 1. The maximum Gasteiger partial charge on any atom is 0.280 e. The van der Waals surface area contributed by atoms with Gasteiger partial charge in [-0.2, -0.15) is 10.1 Å². The number of amides is 1. The zero-order chi connectivity index (χ0) is 25.5. The van der Waals surface area contributed by atoms with Gasteiger partial charge in [-0.3, -0.25) is 19.1 Å². The molecule has 12 heteroatoms. The molecule has 2 aromatic heterocycles. The third-order valence-corrected chi connectivity index (χ3v) is 5.13. The van der Waals surface area contributed by atoms with E-state index >= 15 is 0 Å². The number of nitrogens with zero attached hydrogens (tertiary/aromatic N) is 5. The van der Waals surface area contributed by atoms with E-state index < -0.39 is 11.4 Å². The molecule has 1 atom stereocenters. The van der Waals surface area contributed by atoms with Crippen LogP contribution in [0.25, 0.3) is 5.82 Å². The van der Waals surface area contributed by atoms with Crippen molar-refractivity contribution in [2.75, 3.05) is 25.5 Å². The first-order valence-corrected chi connectivity index (χ1v) is 10.7. The minimum atomic E-state index is -0.641. The molecule has 0 saturated carbocycles. The van der Waals surface area contributed by atoms with Crippen molar-refractivity contribution in [2.24, 2.45) is 16.0 Å². The summed E-state index contributed by atoms with van der Waals surface area (Å²) in [7, 11) is 1.54. The molecular weight excluding hydrogens is 455 g/mol. The van der Waals surface area contributed by atoms with Crippen molar-refractivity contribution < 1.29 is 14.3 Å². The Bertz CT molecular complexity index is 1270. The van der Waals surface area contributed by atoms with Crippen molar-refractivity contribution >= 4 is 24.1 Å². The monoisotopic (exact) mass is 482 g/mol. The quantitative estimate of drug-likeness (QED) is 0.327. The van der Waals surface area contributed by atoms with Crippen LogP contribution in [0, 0.1) is 11.7 Å². The molecule has 0 aliphatic carbocycles. The summed E-state index contributed by atoms with van der Waals surface area (Å²) in [6.07, 6.45) is 4.38. The molecule has 0 radical (unpaired) electrons. The number of rotatable bonds is 8. The maximum atomic E-state index is 14.2. The van der Waals surface area contributed by atoms with E-state index in [0.29, 0.717) is 11.7 Å². The molecule has 1 aliphatic heterocycles. The number of carbonyl (C=O) groups excluding carboxylic acids is 1. The number of halogens is 1. The van der Waals surface area contributed by atoms with Crippen molar-refractivity contribution in [3.8, 4) is 5.82 Å². The number of hydrogen-bond acceptors (Lipinski definition) is 8. The molecule has 4 N–H and O–H groups in total. The highest BCUT2D eigenvalue weighted by Crippen LogP contribution is 2.19. The molecular formula is C23H27FN8O3. The Morgan fingerprint density at radius 3 is 2.80 bits per heavy atom. The van der Waals surface area contributed by atoms with Gasteiger partial charge in [-0.1, -0.05) is 6.92 Å². The summed E-state index contributed by atoms with van der Waals surface area (Å²) in [6, 6.07) is 5.76. The Morgan fingerprint density at radius 1 is 1.37 bits per heavy atom. The van der Waals surface area contributed by atoms with Crippen molar-refractivity contribution in [1.82, 2.24) is 25.2 Å². The minimum Gasteiger partial charge on any atom is -0.396 e. The normalized spacial score (nSPS) is 16.8. The Balaban J connectivity index is 1.95. The van der Waals surface area contributed by atoms with Gasteiger partial charge in [0.1, 0.15) is 17.3 Å². The van der Waals surface area contributed by atoms with Crippen molar-refractivity contribution in [1.29, 1.82) is 0 Å². The summed E-state index contributed by atoms with van der Waals surface area (Å²) in [6.45, 7) is 7.16. The number of nitrogens with one attached hydrogen (secondary N) is 3. The van der Waals surface area contributed by atoms with E-state index in [4.69, 9.17) is 0 Å². The molecule has 184 valence electrons. The Labute approximate surface area is 201 Å². The molecule has 35 heavy (non-hydrogen) atoms. The Morgan fingerprint density at radius 2 is 2.14 bits per heavy atom. The summed E-state index contributed by atoms with van der Waals surface area (Å²) in [5.74, 6) is -0.324. The number of aromatic nitrogens is 2. The predicted molar refractivity (Wildman–Crippen MR) is 131 cm³/mol. The highest BCUT2D eigenvalue weighted by molar-refractivity contribution is 5.99. The number of aliphatic imine (C=N–C) groups is 1. The smallest absolute Gasteiger partial charge is 0.280 e. The fraction of sp³-hybridized carbons (Fsp3) is 0.261. The fourth-order valence-electron chi connectivity index (χ4n) is 3.17. The number of aliphatic hydroxyl groups excluding tert-OH is 1. The van der Waals surface area contributed by atoms with Gasteiger partial charge in [0, 0.05) is 45.4 Å². The second-order valence-corrected chi connectivity index (χ2v) is 7.72. The van der Waals surface area contributed by atoms with Crippen molar-refractivity contribution in [3.63, 3.8) is 0 Å². The van der Waals surface area contributed by atoms with Gasteiger partial charge in [-0.25, -0.2) is 9.37 Å². The first-order chi connectivity index (χ1) is 16.8. The lowest BCUT2D eigenvalue weighted by Crippen LogP contribution is -2.42. The van der Waals surface area contributed by atoms with E-state index in [9.17, 15) is 19.1 Å². The second-order valence-electron chi connectivity index (χ2n) is 7.72. The van der Waals surface area contributed by atoms with Gasteiger partial charge < -0.3 is 21.1 Å². The molecule has 0 spiro atoms. The van der Waals surface area contributed by atoms with Crippen LogP contribution in [-0.4, -0.2) is 58.3 Å². The van der Waals surface area contributed by atoms with Gasteiger partial charge in [-0.15, -0.1) is 0 Å². The van der Waals surface area contributed by atoms with Gasteiger partial charge in [0.25, 0.3) is 11.5 Å². The second kappa shape index (κ2) is 11.2. The van der Waals surface area contributed by atoms with Gasteiger partial charge in [0.2, 0.25) is 0 Å². The Kier molecular flexibility index (Phi) is 8.10. The van der Waals surface area contributed by atoms with Crippen LogP contribution >= 0.6 is 0 Å². The van der Waals surface area contributed by atoms with Crippen LogP contribution in [0.2, 0.25) is 0 Å². The lowest BCUT2D eigenvalue weighted by atomic mass is 10.2. The summed E-state index contributed by atoms with van der Waals surface area (Å²) in [5, 5.41) is 23.2. The highest BCUT2D eigenvalue weighted by atomic mass is 19.1. The van der Waals surface area contributed by atoms with Gasteiger partial charge in [0.05, 0.1) is 5.57 Å². The van der Waals surface area contributed by atoms with E-state index in [0.717, 1.165) is 4.57 Å². The van der Waals surface area contributed by atoms with Crippen molar-refractivity contribution in [2.45, 2.75) is 13.8 Å². The van der Waals surface area contributed by atoms with Crippen LogP contribution < -0.4 is 21.5 Å². The molecule has 0 fully saturated rings. The Hall–Kier alpha value is -4.32. The first-order valence-electron chi connectivity index (χ1n) is 10.7. The van der Waals surface area contributed by atoms with Crippen LogP contribution in [0.4, 0.5) is 10.1 Å². The standard InChI is InChI=1S/C23H27FN8O3/c1-14(13-33)12-28-22(34)15(2)20-30-18(11-19(25-3)32(20)26-4)29-17-8-6-10-31(23(17)35)21-16(24)7-5-9-27-21/h5-11,14,29-30,33H,4,12-13H2,1-3H3,(H,28,34)/b20-15+,25-19?. The average molecular weight is 483 g/mol. The summed E-state index contributed by atoms with van der Waals surface area (Å²) in [5.41, 5.74) is -0.132. The summed E-state index contributed by atoms with van der Waals surface area (Å²) >= 11 is 0. The summed E-state index contributed by atoms with van der Waals surface area (Å²) in [4.78, 5) is 33.9. The van der Waals surface area contributed by atoms with E-state index in [1.165, 1.54) is 35.6 Å². The molecule has 11 nitrogen and oxygen atoms in total. The van der Waals surface area contributed by atoms with Crippen molar-refractivity contribution in [3.05, 3.63) is 76.1 Å². The number of pyridine rings is 2.